The molecule has 0 aliphatic carbocycles. The third-order valence-corrected chi connectivity index (χ3v) is 5.42. The fourth-order valence-electron chi connectivity index (χ4n) is 4.33. The first-order chi connectivity index (χ1) is 11.1. The van der Waals surface area contributed by atoms with Gasteiger partial charge >= 0.3 is 0 Å². The van der Waals surface area contributed by atoms with E-state index in [4.69, 9.17) is 9.47 Å². The number of piperidine rings is 1. The molecule has 0 bridgehead atoms. The molecule has 3 rings (SSSR count). The van der Waals surface area contributed by atoms with E-state index in [-0.39, 0.29) is 0 Å². The van der Waals surface area contributed by atoms with E-state index in [0.29, 0.717) is 12.2 Å². The summed E-state index contributed by atoms with van der Waals surface area (Å²) < 4.78 is 11.2. The second-order valence-corrected chi connectivity index (χ2v) is 7.38. The number of methoxy groups -OCH3 is 1. The Morgan fingerprint density at radius 3 is 2.48 bits per heavy atom. The van der Waals surface area contributed by atoms with E-state index in [1.54, 1.807) is 16.9 Å². The predicted octanol–water partition coefficient (Wildman–Crippen LogP) is -0.0654. The van der Waals surface area contributed by atoms with Gasteiger partial charge in [0.1, 0.15) is 37.6 Å². The van der Waals surface area contributed by atoms with Gasteiger partial charge in [0, 0.05) is 18.4 Å². The molecule has 1 aromatic rings. The molecular formula is C19H32N2O2+2. The van der Waals surface area contributed by atoms with E-state index >= 15 is 0 Å². The number of nitrogens with one attached hydrogen (secondary N) is 2. The number of hydrogen-bond acceptors (Lipinski definition) is 2. The highest BCUT2D eigenvalue weighted by molar-refractivity contribution is 5.27. The summed E-state index contributed by atoms with van der Waals surface area (Å²) in [6.45, 7) is 10.5. The Morgan fingerprint density at radius 2 is 1.83 bits per heavy atom. The maximum absolute atomic E-state index is 5.89. The first kappa shape index (κ1) is 16.7. The lowest BCUT2D eigenvalue weighted by Crippen LogP contribution is -3.22. The zero-order valence-corrected chi connectivity index (χ0v) is 14.8. The van der Waals surface area contributed by atoms with Crippen LogP contribution in [0.25, 0.3) is 0 Å². The molecule has 4 nitrogen and oxygen atoms in total. The average molecular weight is 320 g/mol. The van der Waals surface area contributed by atoms with Gasteiger partial charge in [0.05, 0.1) is 26.2 Å². The number of quaternary nitrogens is 2. The SMILES string of the molecule is COc1cccc(C[NH+]2CCC([NH+]3C[C@H](C)O[C@@H](C)C3)CC2)c1. The van der Waals surface area contributed by atoms with E-state index in [1.807, 2.05) is 6.07 Å². The third kappa shape index (κ3) is 4.46. The number of rotatable bonds is 4. The molecule has 2 heterocycles. The van der Waals surface area contributed by atoms with E-state index in [0.717, 1.165) is 18.3 Å². The molecule has 0 saturated carbocycles. The fourth-order valence-corrected chi connectivity index (χ4v) is 4.33. The van der Waals surface area contributed by atoms with Crippen molar-refractivity contribution in [3.63, 3.8) is 0 Å². The molecule has 2 aliphatic rings. The van der Waals surface area contributed by atoms with Gasteiger partial charge in [-0.15, -0.1) is 0 Å². The summed E-state index contributed by atoms with van der Waals surface area (Å²) in [7, 11) is 1.74. The number of morpholine rings is 1. The smallest absolute Gasteiger partial charge is 0.119 e. The van der Waals surface area contributed by atoms with Crippen molar-refractivity contribution < 1.29 is 19.3 Å². The van der Waals surface area contributed by atoms with Crippen LogP contribution in [0.3, 0.4) is 0 Å². The maximum atomic E-state index is 5.89. The molecule has 1 aromatic carbocycles. The van der Waals surface area contributed by atoms with Crippen LogP contribution >= 0.6 is 0 Å². The number of hydrogen-bond donors (Lipinski definition) is 2. The van der Waals surface area contributed by atoms with E-state index in [2.05, 4.69) is 32.0 Å². The molecule has 2 N–H and O–H groups in total. The standard InChI is InChI=1S/C19H30N2O2/c1-15-12-21(13-16(2)23-15)18-7-9-20(10-8-18)14-17-5-4-6-19(11-17)22-3/h4-6,11,15-16,18H,7-10,12-14H2,1-3H3/p+2/t15-,16-/m0/s1. The predicted molar refractivity (Wildman–Crippen MR) is 91.1 cm³/mol. The van der Waals surface area contributed by atoms with Crippen LogP contribution in [0.4, 0.5) is 0 Å². The monoisotopic (exact) mass is 320 g/mol. The normalized spacial score (nSPS) is 35.0. The Morgan fingerprint density at radius 1 is 1.13 bits per heavy atom. The fraction of sp³-hybridized carbons (Fsp3) is 0.684. The molecule has 2 atom stereocenters. The van der Waals surface area contributed by atoms with Crippen molar-refractivity contribution in [2.45, 2.75) is 51.5 Å². The molecule has 0 spiro atoms. The second-order valence-electron chi connectivity index (χ2n) is 7.38. The summed E-state index contributed by atoms with van der Waals surface area (Å²) in [5.41, 5.74) is 1.39. The minimum absolute atomic E-state index is 0.413. The van der Waals surface area contributed by atoms with Gasteiger partial charge < -0.3 is 19.3 Å². The van der Waals surface area contributed by atoms with Crippen molar-refractivity contribution in [2.24, 2.45) is 0 Å². The van der Waals surface area contributed by atoms with E-state index < -0.39 is 0 Å². The first-order valence-corrected chi connectivity index (χ1v) is 9.10. The van der Waals surface area contributed by atoms with Crippen LogP contribution in [0, 0.1) is 0 Å². The molecule has 4 heteroatoms. The van der Waals surface area contributed by atoms with Crippen LogP contribution in [-0.2, 0) is 11.3 Å². The van der Waals surface area contributed by atoms with E-state index in [1.165, 1.54) is 44.6 Å². The molecule has 2 aliphatic heterocycles. The molecule has 0 aromatic heterocycles. The second kappa shape index (κ2) is 7.65. The quantitative estimate of drug-likeness (QED) is 0.813. The highest BCUT2D eigenvalue weighted by Gasteiger charge is 2.35. The Kier molecular flexibility index (Phi) is 5.57. The lowest BCUT2D eigenvalue weighted by Gasteiger charge is -2.39. The number of benzene rings is 1. The Labute approximate surface area is 140 Å². The molecule has 0 amide bonds. The number of likely N-dealkylation sites (tertiary alicyclic amines) is 1. The zero-order chi connectivity index (χ0) is 16.2. The Bertz CT molecular complexity index is 490. The topological polar surface area (TPSA) is 27.3 Å². The Hall–Kier alpha value is -1.10. The number of ether oxygens (including phenoxy) is 2. The lowest BCUT2D eigenvalue weighted by molar-refractivity contribution is -0.970. The minimum Gasteiger partial charge on any atom is -0.497 e. The Balaban J connectivity index is 1.50. The average Bonchev–Trinajstić information content (AvgIpc) is 2.55. The van der Waals surface area contributed by atoms with Gasteiger partial charge in [-0.3, -0.25) is 0 Å². The summed E-state index contributed by atoms with van der Waals surface area (Å²) in [6.07, 6.45) is 3.51. The van der Waals surface area contributed by atoms with Crippen molar-refractivity contribution in [3.05, 3.63) is 29.8 Å². The van der Waals surface area contributed by atoms with Crippen LogP contribution in [-0.4, -0.2) is 51.5 Å². The van der Waals surface area contributed by atoms with Gasteiger partial charge in [-0.05, 0) is 26.0 Å². The van der Waals surface area contributed by atoms with Crippen LogP contribution < -0.4 is 14.5 Å². The van der Waals surface area contributed by atoms with Crippen molar-refractivity contribution in [1.82, 2.24) is 0 Å². The van der Waals surface area contributed by atoms with E-state index in [9.17, 15) is 0 Å². The third-order valence-electron chi connectivity index (χ3n) is 5.42. The zero-order valence-electron chi connectivity index (χ0n) is 14.8. The van der Waals surface area contributed by atoms with Gasteiger partial charge in [-0.2, -0.15) is 0 Å². The molecule has 2 fully saturated rings. The van der Waals surface area contributed by atoms with Crippen molar-refractivity contribution >= 4 is 0 Å². The summed E-state index contributed by atoms with van der Waals surface area (Å²) in [6, 6.07) is 9.35. The van der Waals surface area contributed by atoms with Crippen molar-refractivity contribution in [1.29, 1.82) is 0 Å². The molecule has 0 radical (unpaired) electrons. The van der Waals surface area contributed by atoms with Crippen LogP contribution in [0.2, 0.25) is 0 Å². The molecule has 0 unspecified atom stereocenters. The lowest BCUT2D eigenvalue weighted by atomic mass is 10.0. The van der Waals surface area contributed by atoms with Crippen LogP contribution in [0.15, 0.2) is 24.3 Å². The van der Waals surface area contributed by atoms with Crippen molar-refractivity contribution in [3.8, 4) is 5.75 Å². The summed E-state index contributed by atoms with van der Waals surface area (Å²) in [5, 5.41) is 0. The highest BCUT2D eigenvalue weighted by Crippen LogP contribution is 2.12. The maximum Gasteiger partial charge on any atom is 0.119 e. The van der Waals surface area contributed by atoms with Crippen LogP contribution in [0.5, 0.6) is 5.75 Å². The molecule has 128 valence electrons. The van der Waals surface area contributed by atoms with Gasteiger partial charge in [0.15, 0.2) is 0 Å². The van der Waals surface area contributed by atoms with Gasteiger partial charge in [-0.1, -0.05) is 12.1 Å². The summed E-state index contributed by atoms with van der Waals surface area (Å²) >= 11 is 0. The van der Waals surface area contributed by atoms with Gasteiger partial charge in [0.2, 0.25) is 0 Å². The molecule has 23 heavy (non-hydrogen) atoms. The summed E-state index contributed by atoms with van der Waals surface area (Å²) in [4.78, 5) is 3.49. The first-order valence-electron chi connectivity index (χ1n) is 9.10. The molecule has 2 saturated heterocycles. The van der Waals surface area contributed by atoms with Crippen LogP contribution in [0.1, 0.15) is 32.3 Å². The largest absolute Gasteiger partial charge is 0.497 e. The summed E-state index contributed by atoms with van der Waals surface area (Å²) in [5.74, 6) is 0.970. The molecular weight excluding hydrogens is 288 g/mol. The van der Waals surface area contributed by atoms with Crippen molar-refractivity contribution in [2.75, 3.05) is 33.3 Å². The minimum atomic E-state index is 0.413. The highest BCUT2D eigenvalue weighted by atomic mass is 16.5. The van der Waals surface area contributed by atoms with Gasteiger partial charge in [-0.25, -0.2) is 0 Å². The van der Waals surface area contributed by atoms with Gasteiger partial charge in [0.25, 0.3) is 0 Å².